The number of nitrogens with zero attached hydrogens (tertiary/aromatic N) is 3. The monoisotopic (exact) mass is 297 g/mol. The molecule has 0 aliphatic heterocycles. The third-order valence-corrected chi connectivity index (χ3v) is 2.90. The van der Waals surface area contributed by atoms with Gasteiger partial charge in [-0.05, 0) is 43.3 Å². The lowest BCUT2D eigenvalue weighted by Gasteiger charge is -2.05. The van der Waals surface area contributed by atoms with Crippen LogP contribution in [0.15, 0.2) is 53.3 Å². The standard InChI is InChI=1S/C16H15N3O3/c1-2-20-13-3-5-14(6-4-13)21-11-15-18-16(19-22-15)12-7-9-17-10-8-12/h3-10H,2,11H2,1H3. The molecule has 0 aliphatic carbocycles. The molecular weight excluding hydrogens is 282 g/mol. The third-order valence-electron chi connectivity index (χ3n) is 2.90. The van der Waals surface area contributed by atoms with Crippen molar-refractivity contribution in [2.24, 2.45) is 0 Å². The second kappa shape index (κ2) is 6.71. The van der Waals surface area contributed by atoms with Gasteiger partial charge in [0.15, 0.2) is 6.61 Å². The highest BCUT2D eigenvalue weighted by Crippen LogP contribution is 2.19. The first-order valence-corrected chi connectivity index (χ1v) is 6.94. The molecule has 6 nitrogen and oxygen atoms in total. The molecule has 0 N–H and O–H groups in total. The predicted molar refractivity (Wildman–Crippen MR) is 79.5 cm³/mol. The van der Waals surface area contributed by atoms with Gasteiger partial charge < -0.3 is 14.0 Å². The van der Waals surface area contributed by atoms with E-state index in [1.165, 1.54) is 0 Å². The van der Waals surface area contributed by atoms with Gasteiger partial charge in [0.2, 0.25) is 5.82 Å². The molecule has 1 aromatic carbocycles. The zero-order valence-corrected chi connectivity index (χ0v) is 12.1. The second-order valence-corrected chi connectivity index (χ2v) is 4.44. The first-order valence-electron chi connectivity index (χ1n) is 6.94. The minimum Gasteiger partial charge on any atom is -0.494 e. The molecule has 0 fully saturated rings. The number of hydrogen-bond acceptors (Lipinski definition) is 6. The van der Waals surface area contributed by atoms with E-state index in [2.05, 4.69) is 15.1 Å². The van der Waals surface area contributed by atoms with Crippen LogP contribution in [-0.2, 0) is 6.61 Å². The average molecular weight is 297 g/mol. The van der Waals surface area contributed by atoms with Crippen molar-refractivity contribution in [2.75, 3.05) is 6.61 Å². The Kier molecular flexibility index (Phi) is 4.29. The molecule has 0 saturated heterocycles. The van der Waals surface area contributed by atoms with Crippen LogP contribution in [0.1, 0.15) is 12.8 Å². The van der Waals surface area contributed by atoms with Gasteiger partial charge in [-0.1, -0.05) is 5.16 Å². The molecule has 3 aromatic rings. The molecule has 22 heavy (non-hydrogen) atoms. The molecule has 0 saturated carbocycles. The Morgan fingerprint density at radius 2 is 1.64 bits per heavy atom. The third kappa shape index (κ3) is 3.41. The Hall–Kier alpha value is -2.89. The van der Waals surface area contributed by atoms with E-state index in [1.54, 1.807) is 12.4 Å². The quantitative estimate of drug-likeness (QED) is 0.696. The van der Waals surface area contributed by atoms with E-state index in [1.807, 2.05) is 43.3 Å². The maximum absolute atomic E-state index is 5.61. The van der Waals surface area contributed by atoms with E-state index in [0.717, 1.165) is 11.3 Å². The van der Waals surface area contributed by atoms with Crippen LogP contribution in [0.3, 0.4) is 0 Å². The highest BCUT2D eigenvalue weighted by molar-refractivity contribution is 5.52. The fourth-order valence-electron chi connectivity index (χ4n) is 1.88. The van der Waals surface area contributed by atoms with Gasteiger partial charge in [0.05, 0.1) is 6.61 Å². The van der Waals surface area contributed by atoms with E-state index in [9.17, 15) is 0 Å². The molecule has 0 radical (unpaired) electrons. The summed E-state index contributed by atoms with van der Waals surface area (Å²) in [7, 11) is 0. The van der Waals surface area contributed by atoms with Crippen LogP contribution in [0.4, 0.5) is 0 Å². The van der Waals surface area contributed by atoms with Gasteiger partial charge in [0.25, 0.3) is 5.89 Å². The van der Waals surface area contributed by atoms with Crippen LogP contribution in [0, 0.1) is 0 Å². The van der Waals surface area contributed by atoms with Crippen LogP contribution >= 0.6 is 0 Å². The van der Waals surface area contributed by atoms with Crippen molar-refractivity contribution in [2.45, 2.75) is 13.5 Å². The van der Waals surface area contributed by atoms with E-state index >= 15 is 0 Å². The molecule has 0 spiro atoms. The first-order chi connectivity index (χ1) is 10.8. The number of hydrogen-bond donors (Lipinski definition) is 0. The lowest BCUT2D eigenvalue weighted by molar-refractivity contribution is 0.242. The van der Waals surface area contributed by atoms with Crippen molar-refractivity contribution >= 4 is 0 Å². The van der Waals surface area contributed by atoms with Crippen molar-refractivity contribution in [3.05, 3.63) is 54.7 Å². The normalized spacial score (nSPS) is 10.4. The zero-order chi connectivity index (χ0) is 15.2. The number of aromatic nitrogens is 3. The molecular formula is C16H15N3O3. The SMILES string of the molecule is CCOc1ccc(OCc2nc(-c3ccncc3)no2)cc1. The summed E-state index contributed by atoms with van der Waals surface area (Å²) in [5, 5.41) is 3.92. The molecule has 2 aromatic heterocycles. The summed E-state index contributed by atoms with van der Waals surface area (Å²) >= 11 is 0. The van der Waals surface area contributed by atoms with E-state index in [4.69, 9.17) is 14.0 Å². The second-order valence-electron chi connectivity index (χ2n) is 4.44. The van der Waals surface area contributed by atoms with Gasteiger partial charge in [-0.15, -0.1) is 0 Å². The number of pyridine rings is 1. The maximum Gasteiger partial charge on any atom is 0.264 e. The Balaban J connectivity index is 1.61. The largest absolute Gasteiger partial charge is 0.494 e. The fraction of sp³-hybridized carbons (Fsp3) is 0.188. The summed E-state index contributed by atoms with van der Waals surface area (Å²) in [6, 6.07) is 11.0. The summed E-state index contributed by atoms with van der Waals surface area (Å²) < 4.78 is 16.2. The fourth-order valence-corrected chi connectivity index (χ4v) is 1.88. The zero-order valence-electron chi connectivity index (χ0n) is 12.1. The van der Waals surface area contributed by atoms with E-state index in [0.29, 0.717) is 24.1 Å². The smallest absolute Gasteiger partial charge is 0.264 e. The first kappa shape index (κ1) is 14.1. The minimum atomic E-state index is 0.214. The highest BCUT2D eigenvalue weighted by Gasteiger charge is 2.09. The molecule has 0 atom stereocenters. The maximum atomic E-state index is 5.61. The topological polar surface area (TPSA) is 70.3 Å². The predicted octanol–water partition coefficient (Wildman–Crippen LogP) is 3.11. The summed E-state index contributed by atoms with van der Waals surface area (Å²) in [4.78, 5) is 8.24. The van der Waals surface area contributed by atoms with Gasteiger partial charge in [0, 0.05) is 18.0 Å². The molecule has 2 heterocycles. The van der Waals surface area contributed by atoms with E-state index < -0.39 is 0 Å². The lowest BCUT2D eigenvalue weighted by Crippen LogP contribution is -1.96. The molecule has 0 unspecified atom stereocenters. The number of rotatable bonds is 6. The Morgan fingerprint density at radius 1 is 0.955 bits per heavy atom. The summed E-state index contributed by atoms with van der Waals surface area (Å²) in [6.07, 6.45) is 3.36. The lowest BCUT2D eigenvalue weighted by atomic mass is 10.2. The van der Waals surface area contributed by atoms with Crippen LogP contribution in [0.5, 0.6) is 11.5 Å². The van der Waals surface area contributed by atoms with E-state index in [-0.39, 0.29) is 6.61 Å². The number of ether oxygens (including phenoxy) is 2. The van der Waals surface area contributed by atoms with Crippen molar-refractivity contribution < 1.29 is 14.0 Å². The molecule has 6 heteroatoms. The summed E-state index contributed by atoms with van der Waals surface area (Å²) in [6.45, 7) is 2.80. The van der Waals surface area contributed by atoms with Gasteiger partial charge in [-0.2, -0.15) is 4.98 Å². The van der Waals surface area contributed by atoms with Gasteiger partial charge in [-0.3, -0.25) is 4.98 Å². The van der Waals surface area contributed by atoms with Crippen molar-refractivity contribution in [3.8, 4) is 22.9 Å². The molecule has 0 bridgehead atoms. The van der Waals surface area contributed by atoms with Gasteiger partial charge in [0.1, 0.15) is 11.5 Å². The Bertz CT molecular complexity index is 711. The molecule has 0 aliphatic rings. The molecule has 3 rings (SSSR count). The van der Waals surface area contributed by atoms with Crippen LogP contribution in [-0.4, -0.2) is 21.7 Å². The Morgan fingerprint density at radius 3 is 2.32 bits per heavy atom. The summed E-state index contributed by atoms with van der Waals surface area (Å²) in [5.41, 5.74) is 0.853. The van der Waals surface area contributed by atoms with Crippen molar-refractivity contribution in [3.63, 3.8) is 0 Å². The molecule has 0 amide bonds. The highest BCUT2D eigenvalue weighted by atomic mass is 16.5. The van der Waals surface area contributed by atoms with Gasteiger partial charge >= 0.3 is 0 Å². The van der Waals surface area contributed by atoms with Crippen LogP contribution < -0.4 is 9.47 Å². The average Bonchev–Trinajstić information content (AvgIpc) is 3.04. The minimum absolute atomic E-state index is 0.214. The number of benzene rings is 1. The van der Waals surface area contributed by atoms with Gasteiger partial charge in [-0.25, -0.2) is 0 Å². The van der Waals surface area contributed by atoms with Crippen molar-refractivity contribution in [1.82, 2.24) is 15.1 Å². The summed E-state index contributed by atoms with van der Waals surface area (Å²) in [5.74, 6) is 2.47. The van der Waals surface area contributed by atoms with Crippen LogP contribution in [0.2, 0.25) is 0 Å². The van der Waals surface area contributed by atoms with Crippen molar-refractivity contribution in [1.29, 1.82) is 0 Å². The Labute approximate surface area is 127 Å². The van der Waals surface area contributed by atoms with Crippen LogP contribution in [0.25, 0.3) is 11.4 Å². The molecule has 112 valence electrons.